The van der Waals surface area contributed by atoms with E-state index in [1.807, 2.05) is 26.8 Å². The first kappa shape index (κ1) is 20.6. The molecule has 2 N–H and O–H groups in total. The minimum atomic E-state index is -3.38. The molecule has 0 saturated heterocycles. The molecule has 2 aromatic carbocycles. The van der Waals surface area contributed by atoms with E-state index in [2.05, 4.69) is 10.6 Å². The molecule has 7 heteroatoms. The summed E-state index contributed by atoms with van der Waals surface area (Å²) in [6.07, 6.45) is 1.10. The third-order valence-electron chi connectivity index (χ3n) is 4.05. The van der Waals surface area contributed by atoms with Crippen LogP contribution in [0.2, 0.25) is 0 Å². The van der Waals surface area contributed by atoms with Crippen LogP contribution in [0.15, 0.2) is 53.4 Å². The minimum absolute atomic E-state index is 0.116. The molecule has 0 saturated carbocycles. The van der Waals surface area contributed by atoms with Crippen LogP contribution in [0.5, 0.6) is 0 Å². The Morgan fingerprint density at radius 1 is 1.00 bits per heavy atom. The molecule has 0 radical (unpaired) electrons. The summed E-state index contributed by atoms with van der Waals surface area (Å²) in [6.45, 7) is 5.54. The Bertz CT molecular complexity index is 952. The maximum absolute atomic E-state index is 12.7. The summed E-state index contributed by atoms with van der Waals surface area (Å²) < 4.78 is 23.3. The molecule has 0 bridgehead atoms. The van der Waals surface area contributed by atoms with Crippen LogP contribution < -0.4 is 10.6 Å². The lowest BCUT2D eigenvalue weighted by Crippen LogP contribution is -2.47. The molecule has 1 unspecified atom stereocenters. The summed E-state index contributed by atoms with van der Waals surface area (Å²) >= 11 is 0. The van der Waals surface area contributed by atoms with Crippen LogP contribution in [0.1, 0.15) is 29.8 Å². The molecule has 0 spiro atoms. The van der Waals surface area contributed by atoms with Crippen LogP contribution in [0, 0.1) is 12.8 Å². The average Bonchev–Trinajstić information content (AvgIpc) is 2.58. The number of amides is 2. The Labute approximate surface area is 159 Å². The van der Waals surface area contributed by atoms with Gasteiger partial charge in [0.05, 0.1) is 4.90 Å². The molecule has 1 atom stereocenters. The van der Waals surface area contributed by atoms with E-state index in [-0.39, 0.29) is 16.7 Å². The zero-order valence-electron chi connectivity index (χ0n) is 15.8. The molecule has 0 aliphatic rings. The van der Waals surface area contributed by atoms with Crippen LogP contribution >= 0.6 is 0 Å². The van der Waals surface area contributed by atoms with Crippen molar-refractivity contribution in [3.05, 3.63) is 59.7 Å². The number of hydrogen-bond donors (Lipinski definition) is 2. The SMILES string of the molecule is Cc1cccc(C(=O)NC(C(=O)Nc2cccc(S(C)(=O)=O)c2)C(C)C)c1. The van der Waals surface area contributed by atoms with Crippen molar-refractivity contribution in [2.75, 3.05) is 11.6 Å². The van der Waals surface area contributed by atoms with Gasteiger partial charge in [0.2, 0.25) is 5.91 Å². The predicted octanol–water partition coefficient (Wildman–Crippen LogP) is 2.79. The molecule has 6 nitrogen and oxygen atoms in total. The van der Waals surface area contributed by atoms with Gasteiger partial charge in [-0.05, 0) is 43.2 Å². The van der Waals surface area contributed by atoms with Crippen molar-refractivity contribution < 1.29 is 18.0 Å². The van der Waals surface area contributed by atoms with E-state index in [4.69, 9.17) is 0 Å². The van der Waals surface area contributed by atoms with Crippen LogP contribution in [-0.2, 0) is 14.6 Å². The molecule has 2 rings (SSSR count). The van der Waals surface area contributed by atoms with Crippen molar-refractivity contribution in [2.24, 2.45) is 5.92 Å². The molecule has 27 heavy (non-hydrogen) atoms. The third kappa shape index (κ3) is 5.65. The first-order valence-electron chi connectivity index (χ1n) is 8.56. The van der Waals surface area contributed by atoms with Crippen LogP contribution in [0.25, 0.3) is 0 Å². The lowest BCUT2D eigenvalue weighted by molar-refractivity contribution is -0.118. The quantitative estimate of drug-likeness (QED) is 0.796. The number of anilines is 1. The zero-order chi connectivity index (χ0) is 20.2. The lowest BCUT2D eigenvalue weighted by atomic mass is 10.0. The smallest absolute Gasteiger partial charge is 0.251 e. The van der Waals surface area contributed by atoms with Crippen molar-refractivity contribution in [1.29, 1.82) is 0 Å². The number of carbonyl (C=O) groups is 2. The first-order valence-corrected chi connectivity index (χ1v) is 10.5. The number of nitrogens with one attached hydrogen (secondary N) is 2. The average molecular weight is 388 g/mol. The van der Waals surface area contributed by atoms with E-state index in [1.54, 1.807) is 30.3 Å². The van der Waals surface area contributed by atoms with Gasteiger partial charge in [-0.1, -0.05) is 37.6 Å². The molecular formula is C20H24N2O4S. The van der Waals surface area contributed by atoms with Crippen molar-refractivity contribution >= 4 is 27.3 Å². The molecule has 2 amide bonds. The van der Waals surface area contributed by atoms with E-state index >= 15 is 0 Å². The number of carbonyl (C=O) groups excluding carboxylic acids is 2. The Morgan fingerprint density at radius 3 is 2.26 bits per heavy atom. The maximum atomic E-state index is 12.7. The summed E-state index contributed by atoms with van der Waals surface area (Å²) in [5, 5.41) is 5.44. The molecular weight excluding hydrogens is 364 g/mol. The summed E-state index contributed by atoms with van der Waals surface area (Å²) in [5.41, 5.74) is 1.79. The number of aryl methyl sites for hydroxylation is 1. The van der Waals surface area contributed by atoms with Crippen molar-refractivity contribution in [1.82, 2.24) is 5.32 Å². The van der Waals surface area contributed by atoms with Crippen LogP contribution in [0.4, 0.5) is 5.69 Å². The second kappa shape index (κ2) is 8.35. The standard InChI is InChI=1S/C20H24N2O4S/c1-13(2)18(22-19(23)15-8-5-7-14(3)11-15)20(24)21-16-9-6-10-17(12-16)27(4,25)26/h5-13,18H,1-4H3,(H,21,24)(H,22,23). The van der Waals surface area contributed by atoms with Gasteiger partial charge in [0.15, 0.2) is 9.84 Å². The zero-order valence-corrected chi connectivity index (χ0v) is 16.6. The number of hydrogen-bond acceptors (Lipinski definition) is 4. The van der Waals surface area contributed by atoms with Crippen LogP contribution in [-0.4, -0.2) is 32.5 Å². The highest BCUT2D eigenvalue weighted by Crippen LogP contribution is 2.16. The Hall–Kier alpha value is -2.67. The van der Waals surface area contributed by atoms with Gasteiger partial charge in [0, 0.05) is 17.5 Å². The first-order chi connectivity index (χ1) is 12.6. The van der Waals surface area contributed by atoms with Gasteiger partial charge < -0.3 is 10.6 Å². The highest BCUT2D eigenvalue weighted by molar-refractivity contribution is 7.90. The highest BCUT2D eigenvalue weighted by Gasteiger charge is 2.25. The fourth-order valence-electron chi connectivity index (χ4n) is 2.57. The van der Waals surface area contributed by atoms with Gasteiger partial charge in [-0.3, -0.25) is 9.59 Å². The fraction of sp³-hybridized carbons (Fsp3) is 0.300. The lowest BCUT2D eigenvalue weighted by Gasteiger charge is -2.22. The van der Waals surface area contributed by atoms with E-state index in [1.165, 1.54) is 12.1 Å². The fourth-order valence-corrected chi connectivity index (χ4v) is 3.24. The second-order valence-corrected chi connectivity index (χ2v) is 8.87. The highest BCUT2D eigenvalue weighted by atomic mass is 32.2. The molecule has 0 aliphatic heterocycles. The Morgan fingerprint density at radius 2 is 1.67 bits per heavy atom. The van der Waals surface area contributed by atoms with E-state index in [0.717, 1.165) is 11.8 Å². The minimum Gasteiger partial charge on any atom is -0.340 e. The van der Waals surface area contributed by atoms with Gasteiger partial charge in [0.1, 0.15) is 6.04 Å². The van der Waals surface area contributed by atoms with Crippen molar-refractivity contribution in [3.63, 3.8) is 0 Å². The summed E-state index contributed by atoms with van der Waals surface area (Å²) in [6, 6.07) is 12.4. The molecule has 0 aromatic heterocycles. The van der Waals surface area contributed by atoms with Crippen molar-refractivity contribution in [2.45, 2.75) is 31.7 Å². The predicted molar refractivity (Wildman–Crippen MR) is 105 cm³/mol. The maximum Gasteiger partial charge on any atom is 0.251 e. The topological polar surface area (TPSA) is 92.3 Å². The Balaban J connectivity index is 2.17. The van der Waals surface area contributed by atoms with Gasteiger partial charge in [-0.15, -0.1) is 0 Å². The second-order valence-electron chi connectivity index (χ2n) is 6.85. The largest absolute Gasteiger partial charge is 0.340 e. The van der Waals surface area contributed by atoms with E-state index in [0.29, 0.717) is 11.3 Å². The normalized spacial score (nSPS) is 12.5. The number of rotatable bonds is 6. The number of sulfone groups is 1. The van der Waals surface area contributed by atoms with Gasteiger partial charge in [-0.2, -0.15) is 0 Å². The van der Waals surface area contributed by atoms with E-state index < -0.39 is 21.8 Å². The van der Waals surface area contributed by atoms with E-state index in [9.17, 15) is 18.0 Å². The monoisotopic (exact) mass is 388 g/mol. The van der Waals surface area contributed by atoms with Gasteiger partial charge in [0.25, 0.3) is 5.91 Å². The van der Waals surface area contributed by atoms with Crippen LogP contribution in [0.3, 0.4) is 0 Å². The molecule has 0 aliphatic carbocycles. The van der Waals surface area contributed by atoms with Gasteiger partial charge >= 0.3 is 0 Å². The Kier molecular flexibility index (Phi) is 6.38. The summed E-state index contributed by atoms with van der Waals surface area (Å²) in [5.74, 6) is -0.897. The molecule has 0 fully saturated rings. The third-order valence-corrected chi connectivity index (χ3v) is 5.16. The van der Waals surface area contributed by atoms with Gasteiger partial charge in [-0.25, -0.2) is 8.42 Å². The molecule has 144 valence electrons. The molecule has 0 heterocycles. The number of benzene rings is 2. The summed E-state index contributed by atoms with van der Waals surface area (Å²) in [7, 11) is -3.38. The van der Waals surface area contributed by atoms with Crippen molar-refractivity contribution in [3.8, 4) is 0 Å². The summed E-state index contributed by atoms with van der Waals surface area (Å²) in [4.78, 5) is 25.3. The molecule has 2 aromatic rings.